The summed E-state index contributed by atoms with van der Waals surface area (Å²) in [5, 5.41) is 4.96. The number of nitrogens with two attached hydrogens (primary N) is 1. The van der Waals surface area contributed by atoms with E-state index < -0.39 is 0 Å². The molecule has 5 rings (SSSR count). The van der Waals surface area contributed by atoms with Crippen LogP contribution in [0.15, 0.2) is 6.20 Å². The molecule has 4 bridgehead atoms. The summed E-state index contributed by atoms with van der Waals surface area (Å²) in [6, 6.07) is 0. The van der Waals surface area contributed by atoms with E-state index in [4.69, 9.17) is 10.8 Å². The molecule has 0 spiro atoms. The maximum Gasteiger partial charge on any atom is 0.0915 e. The van der Waals surface area contributed by atoms with Crippen LogP contribution in [0.2, 0.25) is 0 Å². The Hall–Kier alpha value is -0.990. The molecule has 3 heteroatoms. The van der Waals surface area contributed by atoms with Gasteiger partial charge in [-0.1, -0.05) is 0 Å². The van der Waals surface area contributed by atoms with E-state index in [2.05, 4.69) is 31.6 Å². The van der Waals surface area contributed by atoms with E-state index >= 15 is 0 Å². The normalized spacial score (nSPS) is 39.5. The first-order chi connectivity index (χ1) is 9.36. The minimum absolute atomic E-state index is 0.0225. The smallest absolute Gasteiger partial charge is 0.0915 e. The zero-order chi connectivity index (χ0) is 14.1. The zero-order valence-corrected chi connectivity index (χ0v) is 13.0. The Kier molecular flexibility index (Phi) is 2.42. The second kappa shape index (κ2) is 3.80. The highest BCUT2D eigenvalue weighted by Gasteiger charge is 2.53. The summed E-state index contributed by atoms with van der Waals surface area (Å²) < 4.78 is 2.08. The van der Waals surface area contributed by atoms with Gasteiger partial charge in [0.05, 0.1) is 16.9 Å². The molecule has 0 atom stereocenters. The average molecular weight is 273 g/mol. The van der Waals surface area contributed by atoms with Gasteiger partial charge in [0.15, 0.2) is 0 Å². The monoisotopic (exact) mass is 273 g/mol. The van der Waals surface area contributed by atoms with Gasteiger partial charge in [0, 0.05) is 11.6 Å². The summed E-state index contributed by atoms with van der Waals surface area (Å²) in [5.74, 6) is 2.83. The van der Waals surface area contributed by atoms with Gasteiger partial charge in [0.2, 0.25) is 0 Å². The Morgan fingerprint density at radius 2 is 1.60 bits per heavy atom. The highest BCUT2D eigenvalue weighted by atomic mass is 15.3. The van der Waals surface area contributed by atoms with Crippen LogP contribution in [0.1, 0.15) is 65.0 Å². The summed E-state index contributed by atoms with van der Waals surface area (Å²) in [4.78, 5) is 0. The number of nitrogen functional groups attached to an aromatic ring is 1. The fourth-order valence-corrected chi connectivity index (χ4v) is 5.54. The van der Waals surface area contributed by atoms with Crippen molar-refractivity contribution in [2.45, 2.75) is 70.3 Å². The van der Waals surface area contributed by atoms with Crippen LogP contribution in [-0.2, 0) is 11.0 Å². The Bertz CT molecular complexity index is 500. The van der Waals surface area contributed by atoms with Crippen LogP contribution < -0.4 is 5.73 Å². The van der Waals surface area contributed by atoms with Gasteiger partial charge < -0.3 is 5.73 Å². The molecule has 0 aliphatic heterocycles. The molecule has 1 aromatic rings. The Labute approximate surface area is 121 Å². The molecule has 1 heterocycles. The molecule has 2 N–H and O–H groups in total. The van der Waals surface area contributed by atoms with Crippen LogP contribution in [0, 0.1) is 17.8 Å². The van der Waals surface area contributed by atoms with E-state index in [0.717, 1.165) is 23.4 Å². The predicted molar refractivity (Wildman–Crippen MR) is 81.5 cm³/mol. The molecule has 4 fully saturated rings. The topological polar surface area (TPSA) is 43.8 Å². The van der Waals surface area contributed by atoms with Crippen molar-refractivity contribution in [1.82, 2.24) is 9.78 Å². The van der Waals surface area contributed by atoms with Crippen LogP contribution in [0.25, 0.3) is 0 Å². The van der Waals surface area contributed by atoms with Gasteiger partial charge >= 0.3 is 0 Å². The van der Waals surface area contributed by atoms with Crippen LogP contribution in [0.4, 0.5) is 5.69 Å². The molecular weight excluding hydrogens is 246 g/mol. The molecule has 4 saturated carbocycles. The minimum atomic E-state index is 0.0225. The first-order valence-corrected chi connectivity index (χ1v) is 8.22. The zero-order valence-electron chi connectivity index (χ0n) is 13.0. The van der Waals surface area contributed by atoms with Crippen molar-refractivity contribution < 1.29 is 0 Å². The summed E-state index contributed by atoms with van der Waals surface area (Å²) in [6.07, 6.45) is 10.5. The Morgan fingerprint density at radius 1 is 1.10 bits per heavy atom. The summed E-state index contributed by atoms with van der Waals surface area (Å²) in [7, 11) is 0. The van der Waals surface area contributed by atoms with Crippen molar-refractivity contribution >= 4 is 5.69 Å². The molecule has 0 radical (unpaired) electrons. The van der Waals surface area contributed by atoms with Crippen LogP contribution in [0.5, 0.6) is 0 Å². The molecule has 0 saturated heterocycles. The average Bonchev–Trinajstić information content (AvgIpc) is 2.69. The van der Waals surface area contributed by atoms with Crippen molar-refractivity contribution in [2.24, 2.45) is 17.8 Å². The van der Waals surface area contributed by atoms with Gasteiger partial charge in [-0.05, 0) is 77.0 Å². The largest absolute Gasteiger partial charge is 0.396 e. The van der Waals surface area contributed by atoms with Crippen molar-refractivity contribution in [3.63, 3.8) is 0 Å². The molecule has 3 nitrogen and oxygen atoms in total. The summed E-state index contributed by atoms with van der Waals surface area (Å²) >= 11 is 0. The number of aromatic nitrogens is 2. The lowest BCUT2D eigenvalue weighted by atomic mass is 9.48. The highest BCUT2D eigenvalue weighted by Crippen LogP contribution is 2.61. The van der Waals surface area contributed by atoms with Gasteiger partial charge in [-0.25, -0.2) is 0 Å². The fourth-order valence-electron chi connectivity index (χ4n) is 5.54. The molecule has 0 unspecified atom stereocenters. The number of hydrogen-bond acceptors (Lipinski definition) is 2. The minimum Gasteiger partial charge on any atom is -0.396 e. The van der Waals surface area contributed by atoms with E-state index in [0.29, 0.717) is 5.41 Å². The predicted octanol–water partition coefficient (Wildman–Crippen LogP) is 3.69. The molecule has 4 aliphatic carbocycles. The first-order valence-electron chi connectivity index (χ1n) is 8.22. The van der Waals surface area contributed by atoms with Gasteiger partial charge in [-0.3, -0.25) is 4.68 Å². The molecule has 0 amide bonds. The third-order valence-electron chi connectivity index (χ3n) is 5.97. The molecule has 110 valence electrons. The van der Waals surface area contributed by atoms with E-state index in [1.54, 1.807) is 0 Å². The molecular formula is C17H27N3. The lowest BCUT2D eigenvalue weighted by Gasteiger charge is -2.56. The number of anilines is 1. The lowest BCUT2D eigenvalue weighted by molar-refractivity contribution is -0.00733. The standard InChI is InChI=1S/C17H27N3/c1-16(2,3)20-10-14(18)15(19-20)17-7-11-4-12(8-17)6-13(5-11)9-17/h10-13H,4-9,18H2,1-3H3. The van der Waals surface area contributed by atoms with Crippen LogP contribution >= 0.6 is 0 Å². The van der Waals surface area contributed by atoms with Crippen LogP contribution in [-0.4, -0.2) is 9.78 Å². The van der Waals surface area contributed by atoms with Gasteiger partial charge in [-0.2, -0.15) is 5.10 Å². The lowest BCUT2D eigenvalue weighted by Crippen LogP contribution is -2.49. The third kappa shape index (κ3) is 1.74. The quantitative estimate of drug-likeness (QED) is 0.848. The highest BCUT2D eigenvalue weighted by molar-refractivity contribution is 5.46. The maximum atomic E-state index is 6.38. The first kappa shape index (κ1) is 12.7. The van der Waals surface area contributed by atoms with Crippen LogP contribution in [0.3, 0.4) is 0 Å². The molecule has 1 aromatic heterocycles. The second-order valence-electron chi connectivity index (χ2n) is 8.75. The number of rotatable bonds is 1. The maximum absolute atomic E-state index is 6.38. The van der Waals surface area contributed by atoms with Gasteiger partial charge in [-0.15, -0.1) is 0 Å². The van der Waals surface area contributed by atoms with Crippen molar-refractivity contribution in [3.05, 3.63) is 11.9 Å². The molecule has 4 aliphatic rings. The van der Waals surface area contributed by atoms with Crippen molar-refractivity contribution in [3.8, 4) is 0 Å². The van der Waals surface area contributed by atoms with Crippen molar-refractivity contribution in [2.75, 3.05) is 5.73 Å². The fraction of sp³-hybridized carbons (Fsp3) is 0.824. The summed E-state index contributed by atoms with van der Waals surface area (Å²) in [6.45, 7) is 6.59. The summed E-state index contributed by atoms with van der Waals surface area (Å²) in [5.41, 5.74) is 8.87. The Morgan fingerprint density at radius 3 is 2.00 bits per heavy atom. The van der Waals surface area contributed by atoms with E-state index in [9.17, 15) is 0 Å². The van der Waals surface area contributed by atoms with E-state index in [1.165, 1.54) is 44.2 Å². The van der Waals surface area contributed by atoms with Gasteiger partial charge in [0.25, 0.3) is 0 Å². The van der Waals surface area contributed by atoms with E-state index in [1.807, 2.05) is 0 Å². The van der Waals surface area contributed by atoms with Gasteiger partial charge in [0.1, 0.15) is 0 Å². The molecule has 20 heavy (non-hydrogen) atoms. The SMILES string of the molecule is CC(C)(C)n1cc(N)c(C23CC4CC(CC(C4)C2)C3)n1. The van der Waals surface area contributed by atoms with Crippen molar-refractivity contribution in [1.29, 1.82) is 0 Å². The number of hydrogen-bond donors (Lipinski definition) is 1. The number of nitrogens with zero attached hydrogens (tertiary/aromatic N) is 2. The molecule has 0 aromatic carbocycles. The van der Waals surface area contributed by atoms with E-state index in [-0.39, 0.29) is 5.54 Å². The third-order valence-corrected chi connectivity index (χ3v) is 5.97. The second-order valence-corrected chi connectivity index (χ2v) is 8.75. The Balaban J connectivity index is 1.76.